The maximum Gasteiger partial charge on any atom is 0.416 e. The zero-order valence-corrected chi connectivity index (χ0v) is 27.4. The van der Waals surface area contributed by atoms with Crippen molar-refractivity contribution in [2.75, 3.05) is 26.1 Å². The molecule has 0 aliphatic heterocycles. The molecule has 1 heterocycles. The number of thioether (sulfide) groups is 1. The molecule has 6 nitrogen and oxygen atoms in total. The van der Waals surface area contributed by atoms with Crippen molar-refractivity contribution in [3.63, 3.8) is 0 Å². The van der Waals surface area contributed by atoms with Crippen LogP contribution in [-0.4, -0.2) is 51.3 Å². The standard InChI is InChI=1S/C37H40F4N4O2S/c1-4-43(5-2)19-20-44(22-27-11-18-31(25(3)21-27)28-12-14-29(15-13-28)37(39,40)41)34(46)23-45-33-8-6-7-32(33)35(47)42-36(45)48-24-26-9-16-30(38)17-10-26/h9-18,21H,4-8,19-20,22-24H2,1-3H3/i4D2,5D2,11D,18D,21D,24D2. The topological polar surface area (TPSA) is 58.4 Å². The molecule has 0 spiro atoms. The van der Waals surface area contributed by atoms with Crippen molar-refractivity contribution in [3.8, 4) is 11.1 Å². The Bertz CT molecular complexity index is 2170. The zero-order valence-electron chi connectivity index (χ0n) is 35.6. The molecule has 5 rings (SSSR count). The second-order valence-electron chi connectivity index (χ2n) is 11.1. The Morgan fingerprint density at radius 1 is 1.02 bits per heavy atom. The van der Waals surface area contributed by atoms with Crippen LogP contribution in [0.2, 0.25) is 0 Å². The lowest BCUT2D eigenvalue weighted by atomic mass is 9.97. The van der Waals surface area contributed by atoms with E-state index in [1.54, 1.807) is 0 Å². The summed E-state index contributed by atoms with van der Waals surface area (Å²) >= 11 is 0.542. The third kappa shape index (κ3) is 8.54. The first-order valence-corrected chi connectivity index (χ1v) is 16.0. The summed E-state index contributed by atoms with van der Waals surface area (Å²) in [6.07, 6.45) is -3.34. The number of benzene rings is 3. The lowest BCUT2D eigenvalue weighted by Gasteiger charge is -2.28. The van der Waals surface area contributed by atoms with Gasteiger partial charge in [0.05, 0.1) is 9.68 Å². The predicted octanol–water partition coefficient (Wildman–Crippen LogP) is 7.53. The average molecular weight is 690 g/mol. The van der Waals surface area contributed by atoms with E-state index in [0.717, 1.165) is 60.0 Å². The number of fused-ring (bicyclic) bond motifs is 1. The molecule has 1 amide bonds. The van der Waals surface area contributed by atoms with E-state index in [9.17, 15) is 27.2 Å². The van der Waals surface area contributed by atoms with Crippen molar-refractivity contribution in [1.29, 1.82) is 0 Å². The van der Waals surface area contributed by atoms with Crippen LogP contribution in [-0.2, 0) is 42.6 Å². The third-order valence-corrected chi connectivity index (χ3v) is 8.82. The van der Waals surface area contributed by atoms with Crippen LogP contribution in [0.25, 0.3) is 11.1 Å². The Balaban J connectivity index is 1.57. The van der Waals surface area contributed by atoms with Gasteiger partial charge in [-0.25, -0.2) is 4.39 Å². The highest BCUT2D eigenvalue weighted by molar-refractivity contribution is 7.98. The number of carbonyl (C=O) groups excluding carboxylic acids is 1. The second-order valence-corrected chi connectivity index (χ2v) is 11.9. The fourth-order valence-corrected chi connectivity index (χ4v) is 6.23. The molecule has 11 heteroatoms. The van der Waals surface area contributed by atoms with Crippen molar-refractivity contribution in [2.24, 2.45) is 0 Å². The minimum Gasteiger partial charge on any atom is -0.336 e. The lowest BCUT2D eigenvalue weighted by Crippen LogP contribution is -2.40. The number of rotatable bonds is 13. The molecular weight excluding hydrogens is 640 g/mol. The Morgan fingerprint density at radius 2 is 1.73 bits per heavy atom. The van der Waals surface area contributed by atoms with Gasteiger partial charge in [-0.15, -0.1) is 0 Å². The van der Waals surface area contributed by atoms with Crippen molar-refractivity contribution in [2.45, 2.75) is 70.2 Å². The van der Waals surface area contributed by atoms with Crippen LogP contribution >= 0.6 is 11.8 Å². The van der Waals surface area contributed by atoms with Crippen molar-refractivity contribution in [1.82, 2.24) is 19.4 Å². The molecule has 0 bridgehead atoms. The van der Waals surface area contributed by atoms with Crippen LogP contribution in [0.3, 0.4) is 0 Å². The molecule has 1 aliphatic carbocycles. The molecule has 0 fully saturated rings. The number of carbonyl (C=O) groups is 1. The number of likely N-dealkylation sites (N-methyl/N-ethyl adjacent to an activating group) is 1. The smallest absolute Gasteiger partial charge is 0.336 e. The summed E-state index contributed by atoms with van der Waals surface area (Å²) in [5.41, 5.74) is -2.62. The number of amides is 1. The van der Waals surface area contributed by atoms with Gasteiger partial charge in [-0.3, -0.25) is 9.59 Å². The number of hydrogen-bond acceptors (Lipinski definition) is 5. The average Bonchev–Trinajstić information content (AvgIpc) is 3.60. The van der Waals surface area contributed by atoms with Gasteiger partial charge in [0.2, 0.25) is 5.91 Å². The van der Waals surface area contributed by atoms with E-state index in [2.05, 4.69) is 4.98 Å². The van der Waals surface area contributed by atoms with Gasteiger partial charge in [-0.2, -0.15) is 18.2 Å². The molecule has 1 aromatic heterocycles. The van der Waals surface area contributed by atoms with Gasteiger partial charge in [-0.1, -0.05) is 68.0 Å². The normalized spacial score (nSPS) is 16.5. The maximum absolute atomic E-state index is 14.5. The molecule has 4 aromatic rings. The van der Waals surface area contributed by atoms with E-state index >= 15 is 0 Å². The minimum absolute atomic E-state index is 0.0527. The van der Waals surface area contributed by atoms with Crippen LogP contribution < -0.4 is 5.56 Å². The Kier molecular flexibility index (Phi) is 8.10. The number of aromatic nitrogens is 2. The summed E-state index contributed by atoms with van der Waals surface area (Å²) in [6, 6.07) is 7.46. The van der Waals surface area contributed by atoms with Gasteiger partial charge >= 0.3 is 6.18 Å². The molecule has 0 atom stereocenters. The van der Waals surface area contributed by atoms with Crippen LogP contribution in [0.1, 0.15) is 66.1 Å². The SMILES string of the molecule is [2H]c1c([2H])c(-c2ccc(C(F)(F)F)cc2)c(C)c([2H])c1CN(CCN(C([2H])([2H])C)C([2H])([2H])C)C(=O)Cn1c(SC([2H])([2H])c2ccc(F)cc2)nc(=O)c2c1CCC2. The predicted molar refractivity (Wildman–Crippen MR) is 181 cm³/mol. The fourth-order valence-electron chi connectivity index (χ4n) is 5.47. The van der Waals surface area contributed by atoms with Gasteiger partial charge in [0, 0.05) is 44.8 Å². The quantitative estimate of drug-likeness (QED) is 0.0826. The summed E-state index contributed by atoms with van der Waals surface area (Å²) in [5, 5.41) is -0.146. The largest absolute Gasteiger partial charge is 0.416 e. The van der Waals surface area contributed by atoms with E-state index in [1.165, 1.54) is 23.6 Å². The van der Waals surface area contributed by atoms with E-state index in [0.29, 0.717) is 42.3 Å². The highest BCUT2D eigenvalue weighted by Crippen LogP contribution is 2.32. The van der Waals surface area contributed by atoms with Crippen molar-refractivity contribution in [3.05, 3.63) is 116 Å². The van der Waals surface area contributed by atoms with Crippen molar-refractivity contribution >= 4 is 17.7 Å². The van der Waals surface area contributed by atoms with Gasteiger partial charge < -0.3 is 14.4 Å². The highest BCUT2D eigenvalue weighted by Gasteiger charge is 2.30. The van der Waals surface area contributed by atoms with Gasteiger partial charge in [0.15, 0.2) is 5.16 Å². The monoisotopic (exact) mass is 689 g/mol. The van der Waals surface area contributed by atoms with E-state index in [-0.39, 0.29) is 52.1 Å². The molecule has 0 unspecified atom stereocenters. The zero-order chi connectivity index (χ0) is 42.4. The van der Waals surface area contributed by atoms with Crippen molar-refractivity contribution < 1.29 is 34.7 Å². The number of nitrogens with zero attached hydrogens (tertiary/aromatic N) is 4. The Morgan fingerprint density at radius 3 is 2.40 bits per heavy atom. The molecule has 0 saturated heterocycles. The Labute approximate surface area is 295 Å². The highest BCUT2D eigenvalue weighted by atomic mass is 32.2. The molecule has 0 N–H and O–H groups in total. The lowest BCUT2D eigenvalue weighted by molar-refractivity contribution is -0.137. The fraction of sp³-hybridized carbons (Fsp3) is 0.378. The van der Waals surface area contributed by atoms with E-state index in [4.69, 9.17) is 12.3 Å². The molecule has 1 aliphatic rings. The molecular formula is C37H40F4N4O2S. The van der Waals surface area contributed by atoms with Gasteiger partial charge in [-0.05, 0) is 91.3 Å². The van der Waals surface area contributed by atoms with Crippen LogP contribution in [0.15, 0.2) is 76.6 Å². The Hall–Kier alpha value is -3.96. The molecule has 0 radical (unpaired) electrons. The van der Waals surface area contributed by atoms with Crippen LogP contribution in [0, 0.1) is 12.7 Å². The summed E-state index contributed by atoms with van der Waals surface area (Å²) in [4.78, 5) is 33.8. The minimum atomic E-state index is -4.61. The number of hydrogen-bond donors (Lipinski definition) is 0. The van der Waals surface area contributed by atoms with Crippen LogP contribution in [0.5, 0.6) is 0 Å². The first-order chi connectivity index (χ1) is 26.3. The van der Waals surface area contributed by atoms with E-state index in [1.807, 2.05) is 0 Å². The van der Waals surface area contributed by atoms with E-state index < -0.39 is 72.9 Å². The summed E-state index contributed by atoms with van der Waals surface area (Å²) in [6.45, 7) is -2.39. The summed E-state index contributed by atoms with van der Waals surface area (Å²) < 4.78 is 132. The summed E-state index contributed by atoms with van der Waals surface area (Å²) in [7, 11) is 0. The first-order valence-electron chi connectivity index (χ1n) is 19.7. The summed E-state index contributed by atoms with van der Waals surface area (Å²) in [5.74, 6) is -1.29. The third-order valence-electron chi connectivity index (χ3n) is 7.99. The molecule has 48 heavy (non-hydrogen) atoms. The van der Waals surface area contributed by atoms with Gasteiger partial charge in [0.1, 0.15) is 12.4 Å². The molecule has 254 valence electrons. The molecule has 3 aromatic carbocycles. The first kappa shape index (κ1) is 25.1. The number of halogens is 4. The van der Waals surface area contributed by atoms with Gasteiger partial charge in [0.25, 0.3) is 5.56 Å². The van der Waals surface area contributed by atoms with Crippen LogP contribution in [0.4, 0.5) is 17.6 Å². The number of alkyl halides is 3. The molecule has 0 saturated carbocycles. The maximum atomic E-state index is 14.5. The second kappa shape index (κ2) is 15.5.